The summed E-state index contributed by atoms with van der Waals surface area (Å²) in [5, 5.41) is 3.06. The number of sulfonamides is 1. The van der Waals surface area contributed by atoms with E-state index in [0.717, 1.165) is 15.6 Å². The number of amides is 1. The van der Waals surface area contributed by atoms with Crippen molar-refractivity contribution < 1.29 is 17.9 Å². The first-order valence-electron chi connectivity index (χ1n) is 10.5. The van der Waals surface area contributed by atoms with Gasteiger partial charge in [-0.15, -0.1) is 0 Å². The first-order chi connectivity index (χ1) is 14.7. The minimum absolute atomic E-state index is 0.0237. The molecule has 2 aromatic rings. The van der Waals surface area contributed by atoms with Gasteiger partial charge in [0, 0.05) is 23.5 Å². The van der Waals surface area contributed by atoms with Gasteiger partial charge in [-0.25, -0.2) is 8.42 Å². The van der Waals surface area contributed by atoms with Gasteiger partial charge in [0.1, 0.15) is 5.75 Å². The highest BCUT2D eigenvalue weighted by molar-refractivity contribution is 9.10. The zero-order chi connectivity index (χ0) is 22.6. The molecule has 0 aromatic heterocycles. The average Bonchev–Trinajstić information content (AvgIpc) is 2.75. The zero-order valence-electron chi connectivity index (χ0n) is 18.1. The molecule has 1 N–H and O–H groups in total. The number of ether oxygens (including phenoxy) is 1. The Hall–Kier alpha value is -1.90. The van der Waals surface area contributed by atoms with Gasteiger partial charge in [-0.05, 0) is 75.1 Å². The van der Waals surface area contributed by atoms with Gasteiger partial charge >= 0.3 is 0 Å². The second-order valence-corrected chi connectivity index (χ2v) is 10.7. The van der Waals surface area contributed by atoms with Crippen LogP contribution in [0.4, 0.5) is 0 Å². The monoisotopic (exact) mass is 508 g/mol. The number of hydrogen-bond donors (Lipinski definition) is 1. The molecule has 0 saturated carbocycles. The van der Waals surface area contributed by atoms with Crippen LogP contribution in [0.3, 0.4) is 0 Å². The SMILES string of the molecule is CCOc1ccc(S(=O)(=O)N2CCC(C(=O)N[C@H](C)c3ccc(Br)cc3)CC2)cc1C. The quantitative estimate of drug-likeness (QED) is 0.599. The Kier molecular flexibility index (Phi) is 7.78. The van der Waals surface area contributed by atoms with E-state index in [1.54, 1.807) is 18.2 Å². The smallest absolute Gasteiger partial charge is 0.243 e. The first-order valence-corrected chi connectivity index (χ1v) is 12.7. The van der Waals surface area contributed by atoms with E-state index in [-0.39, 0.29) is 22.8 Å². The standard InChI is InChI=1S/C23H29BrN2O4S/c1-4-30-22-10-9-21(15-16(22)2)31(28,29)26-13-11-19(12-14-26)23(27)25-17(3)18-5-7-20(24)8-6-18/h5-10,15,17,19H,4,11-14H2,1-3H3,(H,25,27)/t17-/m1/s1. The van der Waals surface area contributed by atoms with Gasteiger partial charge in [0.2, 0.25) is 15.9 Å². The van der Waals surface area contributed by atoms with Gasteiger partial charge in [-0.1, -0.05) is 28.1 Å². The van der Waals surface area contributed by atoms with E-state index < -0.39 is 10.0 Å². The highest BCUT2D eigenvalue weighted by Crippen LogP contribution is 2.28. The second-order valence-electron chi connectivity index (χ2n) is 7.82. The van der Waals surface area contributed by atoms with Crippen molar-refractivity contribution >= 4 is 31.9 Å². The predicted octanol–water partition coefficient (Wildman–Crippen LogP) is 4.43. The number of halogens is 1. The summed E-state index contributed by atoms with van der Waals surface area (Å²) in [5.74, 6) is 0.479. The van der Waals surface area contributed by atoms with Crippen molar-refractivity contribution in [3.63, 3.8) is 0 Å². The minimum atomic E-state index is -3.59. The molecule has 6 nitrogen and oxygen atoms in total. The molecule has 1 fully saturated rings. The summed E-state index contributed by atoms with van der Waals surface area (Å²) < 4.78 is 34.1. The van der Waals surface area contributed by atoms with Crippen molar-refractivity contribution in [2.75, 3.05) is 19.7 Å². The molecule has 0 unspecified atom stereocenters. The molecule has 1 amide bonds. The first kappa shape index (κ1) is 23.8. The van der Waals surface area contributed by atoms with Crippen LogP contribution in [-0.4, -0.2) is 38.3 Å². The number of piperidine rings is 1. The maximum Gasteiger partial charge on any atom is 0.243 e. The van der Waals surface area contributed by atoms with Crippen LogP contribution in [-0.2, 0) is 14.8 Å². The van der Waals surface area contributed by atoms with E-state index in [0.29, 0.717) is 38.3 Å². The lowest BCUT2D eigenvalue weighted by Gasteiger charge is -2.31. The van der Waals surface area contributed by atoms with Crippen molar-refractivity contribution in [1.29, 1.82) is 0 Å². The van der Waals surface area contributed by atoms with Crippen molar-refractivity contribution in [2.24, 2.45) is 5.92 Å². The van der Waals surface area contributed by atoms with Crippen LogP contribution in [0.2, 0.25) is 0 Å². The van der Waals surface area contributed by atoms with E-state index in [1.165, 1.54) is 4.31 Å². The third kappa shape index (κ3) is 5.67. The summed E-state index contributed by atoms with van der Waals surface area (Å²) in [4.78, 5) is 13.0. The molecule has 0 aliphatic carbocycles. The lowest BCUT2D eigenvalue weighted by molar-refractivity contribution is -0.126. The molecule has 1 heterocycles. The maximum atomic E-state index is 13.1. The third-order valence-corrected chi connectivity index (χ3v) is 8.06. The Labute approximate surface area is 193 Å². The molecule has 31 heavy (non-hydrogen) atoms. The Morgan fingerprint density at radius 2 is 1.84 bits per heavy atom. The molecule has 1 atom stereocenters. The molecule has 2 aromatic carbocycles. The molecule has 1 aliphatic heterocycles. The average molecular weight is 509 g/mol. The normalized spacial score (nSPS) is 16.6. The van der Waals surface area contributed by atoms with Gasteiger partial charge in [0.25, 0.3) is 0 Å². The molecular weight excluding hydrogens is 480 g/mol. The van der Waals surface area contributed by atoms with E-state index in [2.05, 4.69) is 21.2 Å². The Morgan fingerprint density at radius 1 is 1.19 bits per heavy atom. The maximum absolute atomic E-state index is 13.1. The molecule has 1 aliphatic rings. The summed E-state index contributed by atoms with van der Waals surface area (Å²) in [6.45, 7) is 6.88. The topological polar surface area (TPSA) is 75.7 Å². The van der Waals surface area contributed by atoms with E-state index in [9.17, 15) is 13.2 Å². The Balaban J connectivity index is 1.59. The summed E-state index contributed by atoms with van der Waals surface area (Å²) in [6.07, 6.45) is 1.02. The van der Waals surface area contributed by atoms with Crippen molar-refractivity contribution in [1.82, 2.24) is 9.62 Å². The van der Waals surface area contributed by atoms with Gasteiger partial charge in [-0.2, -0.15) is 4.31 Å². The Morgan fingerprint density at radius 3 is 2.42 bits per heavy atom. The summed E-state index contributed by atoms with van der Waals surface area (Å²) in [7, 11) is -3.59. The number of rotatable bonds is 7. The van der Waals surface area contributed by atoms with Crippen LogP contribution >= 0.6 is 15.9 Å². The summed E-state index contributed by atoms with van der Waals surface area (Å²) in [5.41, 5.74) is 1.82. The van der Waals surface area contributed by atoms with Gasteiger partial charge in [0.05, 0.1) is 17.5 Å². The predicted molar refractivity (Wildman–Crippen MR) is 125 cm³/mol. The second kappa shape index (κ2) is 10.1. The summed E-state index contributed by atoms with van der Waals surface area (Å²) >= 11 is 3.41. The lowest BCUT2D eigenvalue weighted by atomic mass is 9.96. The molecular formula is C23H29BrN2O4S. The van der Waals surface area contributed by atoms with Gasteiger partial charge in [0.15, 0.2) is 0 Å². The number of nitrogens with zero attached hydrogens (tertiary/aromatic N) is 1. The fourth-order valence-electron chi connectivity index (χ4n) is 3.77. The minimum Gasteiger partial charge on any atom is -0.494 e. The highest BCUT2D eigenvalue weighted by Gasteiger charge is 2.32. The fraction of sp³-hybridized carbons (Fsp3) is 0.435. The fourth-order valence-corrected chi connectivity index (χ4v) is 5.59. The van der Waals surface area contributed by atoms with Gasteiger partial charge in [-0.3, -0.25) is 4.79 Å². The van der Waals surface area contributed by atoms with E-state index in [1.807, 2.05) is 45.0 Å². The van der Waals surface area contributed by atoms with Crippen LogP contribution < -0.4 is 10.1 Å². The molecule has 0 bridgehead atoms. The van der Waals surface area contributed by atoms with Crippen LogP contribution in [0.1, 0.15) is 43.9 Å². The Bertz CT molecular complexity index is 1020. The van der Waals surface area contributed by atoms with Crippen LogP contribution in [0, 0.1) is 12.8 Å². The number of nitrogens with one attached hydrogen (secondary N) is 1. The number of carbonyl (C=O) groups excluding carboxylic acids is 1. The number of benzene rings is 2. The largest absolute Gasteiger partial charge is 0.494 e. The van der Waals surface area contributed by atoms with E-state index >= 15 is 0 Å². The van der Waals surface area contributed by atoms with E-state index in [4.69, 9.17) is 4.74 Å². The molecule has 0 spiro atoms. The van der Waals surface area contributed by atoms with Crippen molar-refractivity contribution in [2.45, 2.75) is 44.6 Å². The van der Waals surface area contributed by atoms with Crippen LogP contribution in [0.25, 0.3) is 0 Å². The van der Waals surface area contributed by atoms with Crippen LogP contribution in [0.5, 0.6) is 5.75 Å². The molecule has 0 radical (unpaired) electrons. The summed E-state index contributed by atoms with van der Waals surface area (Å²) in [6, 6.07) is 12.7. The number of hydrogen-bond acceptors (Lipinski definition) is 4. The zero-order valence-corrected chi connectivity index (χ0v) is 20.5. The van der Waals surface area contributed by atoms with Crippen LogP contribution in [0.15, 0.2) is 51.8 Å². The molecule has 168 valence electrons. The molecule has 3 rings (SSSR count). The van der Waals surface area contributed by atoms with Crippen molar-refractivity contribution in [3.05, 3.63) is 58.1 Å². The highest BCUT2D eigenvalue weighted by atomic mass is 79.9. The van der Waals surface area contributed by atoms with Crippen molar-refractivity contribution in [3.8, 4) is 5.75 Å². The number of carbonyl (C=O) groups is 1. The third-order valence-electron chi connectivity index (χ3n) is 5.64. The molecule has 1 saturated heterocycles. The number of aryl methyl sites for hydroxylation is 1. The molecule has 8 heteroatoms. The van der Waals surface area contributed by atoms with Gasteiger partial charge < -0.3 is 10.1 Å². The lowest BCUT2D eigenvalue weighted by Crippen LogP contribution is -2.43.